The van der Waals surface area contributed by atoms with Gasteiger partial charge in [0.2, 0.25) is 0 Å². The first-order valence-corrected chi connectivity index (χ1v) is 10.5. The van der Waals surface area contributed by atoms with Crippen LogP contribution in [-0.2, 0) is 9.53 Å². The number of esters is 1. The third-order valence-electron chi connectivity index (χ3n) is 4.55. The summed E-state index contributed by atoms with van der Waals surface area (Å²) in [6.07, 6.45) is 1.55. The number of amides is 1. The van der Waals surface area contributed by atoms with Crippen molar-refractivity contribution in [3.63, 3.8) is 0 Å². The van der Waals surface area contributed by atoms with Gasteiger partial charge in [-0.15, -0.1) is 11.8 Å². The molecule has 0 aromatic heterocycles. The number of carbonyl (C=O) groups excluding carboxylic acids is 2. The van der Waals surface area contributed by atoms with Gasteiger partial charge in [0.1, 0.15) is 0 Å². The van der Waals surface area contributed by atoms with Crippen LogP contribution in [0.5, 0.6) is 0 Å². The standard InChI is InChI=1S/C21H24N2O5S/c1-4-15(16-8-6-5-7-9-16)13-22-20(24)14(2)28-21(25)17-10-11-19(29-3)18(12-17)23(26)27/h5-12,14-15H,4,13H2,1-3H3,(H,22,24)/t14-,15+/m0/s1. The Morgan fingerprint density at radius 3 is 2.48 bits per heavy atom. The van der Waals surface area contributed by atoms with Gasteiger partial charge in [-0.05, 0) is 37.3 Å². The molecule has 7 nitrogen and oxygen atoms in total. The highest BCUT2D eigenvalue weighted by atomic mass is 32.2. The number of nitro benzene ring substituents is 1. The summed E-state index contributed by atoms with van der Waals surface area (Å²) in [7, 11) is 0. The molecule has 0 unspecified atom stereocenters. The highest BCUT2D eigenvalue weighted by Gasteiger charge is 2.22. The SMILES string of the molecule is CC[C@H](CNC(=O)[C@H](C)OC(=O)c1ccc(SC)c([N+](=O)[O-])c1)c1ccccc1. The molecule has 0 aliphatic heterocycles. The lowest BCUT2D eigenvalue weighted by molar-refractivity contribution is -0.387. The molecule has 8 heteroatoms. The van der Waals surface area contributed by atoms with Gasteiger partial charge in [-0.2, -0.15) is 0 Å². The molecule has 29 heavy (non-hydrogen) atoms. The largest absolute Gasteiger partial charge is 0.449 e. The third-order valence-corrected chi connectivity index (χ3v) is 5.34. The molecule has 0 aliphatic carbocycles. The first-order valence-electron chi connectivity index (χ1n) is 9.23. The minimum atomic E-state index is -1.02. The minimum Gasteiger partial charge on any atom is -0.449 e. The van der Waals surface area contributed by atoms with E-state index in [9.17, 15) is 19.7 Å². The smallest absolute Gasteiger partial charge is 0.339 e. The number of hydrogen-bond donors (Lipinski definition) is 1. The van der Waals surface area contributed by atoms with E-state index in [2.05, 4.69) is 5.32 Å². The molecule has 0 heterocycles. The molecule has 1 N–H and O–H groups in total. The maximum Gasteiger partial charge on any atom is 0.339 e. The Hall–Kier alpha value is -2.87. The van der Waals surface area contributed by atoms with Crippen LogP contribution >= 0.6 is 11.8 Å². The van der Waals surface area contributed by atoms with Crippen LogP contribution in [0.1, 0.15) is 42.1 Å². The van der Waals surface area contributed by atoms with E-state index in [-0.39, 0.29) is 17.2 Å². The average Bonchev–Trinajstić information content (AvgIpc) is 2.74. The molecular formula is C21H24N2O5S. The van der Waals surface area contributed by atoms with Crippen LogP contribution in [-0.4, -0.2) is 35.7 Å². The summed E-state index contributed by atoms with van der Waals surface area (Å²) in [5.41, 5.74) is 0.990. The number of rotatable bonds is 9. The van der Waals surface area contributed by atoms with Crippen molar-refractivity contribution in [3.8, 4) is 0 Å². The molecular weight excluding hydrogens is 392 g/mol. The van der Waals surface area contributed by atoms with Gasteiger partial charge in [0.05, 0.1) is 15.4 Å². The van der Waals surface area contributed by atoms with Crippen molar-refractivity contribution >= 4 is 29.3 Å². The second-order valence-corrected chi connectivity index (χ2v) is 7.30. The molecule has 0 saturated heterocycles. The van der Waals surface area contributed by atoms with Gasteiger partial charge in [-0.1, -0.05) is 37.3 Å². The van der Waals surface area contributed by atoms with Crippen molar-refractivity contribution in [1.29, 1.82) is 0 Å². The molecule has 0 aliphatic rings. The van der Waals surface area contributed by atoms with Gasteiger partial charge in [-0.3, -0.25) is 14.9 Å². The monoisotopic (exact) mass is 416 g/mol. The zero-order chi connectivity index (χ0) is 21.4. The number of thioether (sulfide) groups is 1. The first-order chi connectivity index (χ1) is 13.9. The summed E-state index contributed by atoms with van der Waals surface area (Å²) in [6, 6.07) is 14.0. The number of carbonyl (C=O) groups is 2. The molecule has 2 atom stereocenters. The van der Waals surface area contributed by atoms with E-state index >= 15 is 0 Å². The summed E-state index contributed by atoms with van der Waals surface area (Å²) in [5, 5.41) is 14.0. The summed E-state index contributed by atoms with van der Waals surface area (Å²) >= 11 is 1.21. The number of nitrogens with zero attached hydrogens (tertiary/aromatic N) is 1. The van der Waals surface area contributed by atoms with E-state index in [0.29, 0.717) is 11.4 Å². The van der Waals surface area contributed by atoms with E-state index in [1.165, 1.54) is 36.9 Å². The van der Waals surface area contributed by atoms with Gasteiger partial charge in [0.15, 0.2) is 6.10 Å². The number of benzene rings is 2. The summed E-state index contributed by atoms with van der Waals surface area (Å²) < 4.78 is 5.20. The van der Waals surface area contributed by atoms with Crippen molar-refractivity contribution in [3.05, 3.63) is 69.8 Å². The maximum absolute atomic E-state index is 12.3. The molecule has 1 amide bonds. The lowest BCUT2D eigenvalue weighted by atomic mass is 9.96. The van der Waals surface area contributed by atoms with Crippen LogP contribution in [0, 0.1) is 10.1 Å². The Morgan fingerprint density at radius 2 is 1.90 bits per heavy atom. The molecule has 2 aromatic rings. The second kappa shape index (κ2) is 10.6. The Kier molecular flexibility index (Phi) is 8.21. The van der Waals surface area contributed by atoms with E-state index in [1.807, 2.05) is 37.3 Å². The zero-order valence-corrected chi connectivity index (χ0v) is 17.4. The summed E-state index contributed by atoms with van der Waals surface area (Å²) in [5.74, 6) is -1.04. The van der Waals surface area contributed by atoms with Gasteiger partial charge >= 0.3 is 5.97 Å². The predicted molar refractivity (Wildman–Crippen MR) is 112 cm³/mol. The highest BCUT2D eigenvalue weighted by Crippen LogP contribution is 2.28. The fourth-order valence-corrected chi connectivity index (χ4v) is 3.38. The molecule has 0 bridgehead atoms. The van der Waals surface area contributed by atoms with Crippen LogP contribution in [0.15, 0.2) is 53.4 Å². The average molecular weight is 416 g/mol. The Morgan fingerprint density at radius 1 is 1.21 bits per heavy atom. The lowest BCUT2D eigenvalue weighted by Gasteiger charge is -2.18. The Labute approximate surface area is 174 Å². The molecule has 0 fully saturated rings. The normalized spacial score (nSPS) is 12.7. The number of hydrogen-bond acceptors (Lipinski definition) is 6. The summed E-state index contributed by atoms with van der Waals surface area (Å²) in [4.78, 5) is 35.7. The van der Waals surface area contributed by atoms with Crippen LogP contribution in [0.3, 0.4) is 0 Å². The van der Waals surface area contributed by atoms with E-state index in [4.69, 9.17) is 4.74 Å². The van der Waals surface area contributed by atoms with Crippen LogP contribution in [0.25, 0.3) is 0 Å². The predicted octanol–water partition coefficient (Wildman–Crippen LogP) is 4.17. The number of ether oxygens (including phenoxy) is 1. The topological polar surface area (TPSA) is 98.5 Å². The van der Waals surface area contributed by atoms with Gasteiger partial charge in [-0.25, -0.2) is 4.79 Å². The molecule has 2 rings (SSSR count). The lowest BCUT2D eigenvalue weighted by Crippen LogP contribution is -2.38. The van der Waals surface area contributed by atoms with Crippen LogP contribution in [0.4, 0.5) is 5.69 Å². The van der Waals surface area contributed by atoms with Gasteiger partial charge in [0, 0.05) is 18.5 Å². The first kappa shape index (κ1) is 22.4. The van der Waals surface area contributed by atoms with Crippen molar-refractivity contribution in [1.82, 2.24) is 5.32 Å². The second-order valence-electron chi connectivity index (χ2n) is 6.45. The van der Waals surface area contributed by atoms with Crippen LogP contribution < -0.4 is 5.32 Å². The minimum absolute atomic E-state index is 0.0323. The van der Waals surface area contributed by atoms with Crippen molar-refractivity contribution in [2.45, 2.75) is 37.2 Å². The van der Waals surface area contributed by atoms with Crippen molar-refractivity contribution in [2.24, 2.45) is 0 Å². The highest BCUT2D eigenvalue weighted by molar-refractivity contribution is 7.98. The zero-order valence-electron chi connectivity index (χ0n) is 16.6. The summed E-state index contributed by atoms with van der Waals surface area (Å²) in [6.45, 7) is 3.94. The Balaban J connectivity index is 1.97. The molecule has 0 radical (unpaired) electrons. The van der Waals surface area contributed by atoms with E-state index in [1.54, 1.807) is 6.26 Å². The van der Waals surface area contributed by atoms with E-state index < -0.39 is 22.9 Å². The molecule has 154 valence electrons. The van der Waals surface area contributed by atoms with E-state index in [0.717, 1.165) is 12.0 Å². The van der Waals surface area contributed by atoms with Crippen LogP contribution in [0.2, 0.25) is 0 Å². The Bertz CT molecular complexity index is 873. The molecule has 0 spiro atoms. The van der Waals surface area contributed by atoms with Crippen molar-refractivity contribution < 1.29 is 19.2 Å². The third kappa shape index (κ3) is 6.05. The van der Waals surface area contributed by atoms with Crippen molar-refractivity contribution in [2.75, 3.05) is 12.8 Å². The maximum atomic E-state index is 12.3. The fraction of sp³-hybridized carbons (Fsp3) is 0.333. The quantitative estimate of drug-likeness (QED) is 0.285. The molecule has 2 aromatic carbocycles. The van der Waals surface area contributed by atoms with Gasteiger partial charge in [0.25, 0.3) is 11.6 Å². The number of nitro groups is 1. The van der Waals surface area contributed by atoms with Gasteiger partial charge < -0.3 is 10.1 Å². The number of nitrogens with one attached hydrogen (secondary N) is 1. The fourth-order valence-electron chi connectivity index (χ4n) is 2.83. The molecule has 0 saturated carbocycles.